The van der Waals surface area contributed by atoms with Gasteiger partial charge < -0.3 is 9.64 Å². The van der Waals surface area contributed by atoms with Gasteiger partial charge in [0, 0.05) is 19.7 Å². The third-order valence-electron chi connectivity index (χ3n) is 2.38. The van der Waals surface area contributed by atoms with E-state index in [-0.39, 0.29) is 0 Å². The maximum absolute atomic E-state index is 5.10. The summed E-state index contributed by atoms with van der Waals surface area (Å²) in [6.45, 7) is 4.40. The minimum atomic E-state index is 0.750. The Balaban J connectivity index is 2.27. The van der Waals surface area contributed by atoms with Gasteiger partial charge in [-0.3, -0.25) is 0 Å². The van der Waals surface area contributed by atoms with Crippen molar-refractivity contribution in [1.29, 1.82) is 0 Å². The van der Waals surface area contributed by atoms with E-state index in [4.69, 9.17) is 4.74 Å². The van der Waals surface area contributed by atoms with Crippen molar-refractivity contribution in [2.45, 2.75) is 19.4 Å². The van der Waals surface area contributed by atoms with E-state index < -0.39 is 0 Å². The van der Waals surface area contributed by atoms with Gasteiger partial charge in [0.1, 0.15) is 0 Å². The summed E-state index contributed by atoms with van der Waals surface area (Å²) in [5, 5.41) is 0. The second kappa shape index (κ2) is 3.35. The highest BCUT2D eigenvalue weighted by Crippen LogP contribution is 2.20. The van der Waals surface area contributed by atoms with Crippen LogP contribution in [0, 0.1) is 5.92 Å². The lowest BCUT2D eigenvalue weighted by molar-refractivity contribution is 0.155. The molecule has 0 spiro atoms. The van der Waals surface area contributed by atoms with E-state index in [9.17, 15) is 0 Å². The second-order valence-electron chi connectivity index (χ2n) is 3.35. The van der Waals surface area contributed by atoms with Crippen molar-refractivity contribution in [1.82, 2.24) is 4.90 Å². The lowest BCUT2D eigenvalue weighted by atomic mass is 10.1. The average Bonchev–Trinajstić information content (AvgIpc) is 2.14. The topological polar surface area (TPSA) is 12.5 Å². The molecule has 1 saturated heterocycles. The molecule has 0 N–H and O–H groups in total. The third-order valence-corrected chi connectivity index (χ3v) is 2.38. The molecule has 2 heteroatoms. The van der Waals surface area contributed by atoms with Crippen molar-refractivity contribution in [2.75, 3.05) is 27.3 Å². The molecule has 2 unspecified atom stereocenters. The molecule has 2 nitrogen and oxygen atoms in total. The molecular formula is C8H17NO. The summed E-state index contributed by atoms with van der Waals surface area (Å²) in [6, 6.07) is 0.750. The zero-order valence-electron chi connectivity index (χ0n) is 7.13. The summed E-state index contributed by atoms with van der Waals surface area (Å²) in [5.41, 5.74) is 0. The first-order valence-corrected chi connectivity index (χ1v) is 3.93. The molecule has 0 aromatic heterocycles. The Morgan fingerprint density at radius 3 is 2.70 bits per heavy atom. The molecule has 60 valence electrons. The van der Waals surface area contributed by atoms with Crippen LogP contribution < -0.4 is 0 Å². The summed E-state index contributed by atoms with van der Waals surface area (Å²) >= 11 is 0. The maximum atomic E-state index is 5.10. The minimum absolute atomic E-state index is 0.750. The van der Waals surface area contributed by atoms with Crippen molar-refractivity contribution in [3.63, 3.8) is 0 Å². The lowest BCUT2D eigenvalue weighted by Crippen LogP contribution is -2.21. The van der Waals surface area contributed by atoms with Crippen LogP contribution >= 0.6 is 0 Å². The van der Waals surface area contributed by atoms with E-state index in [1.807, 2.05) is 0 Å². The first kappa shape index (κ1) is 8.02. The van der Waals surface area contributed by atoms with E-state index in [1.54, 1.807) is 7.11 Å². The van der Waals surface area contributed by atoms with Crippen molar-refractivity contribution in [2.24, 2.45) is 5.92 Å². The van der Waals surface area contributed by atoms with Crippen LogP contribution in [-0.4, -0.2) is 38.3 Å². The van der Waals surface area contributed by atoms with Crippen LogP contribution in [0.15, 0.2) is 0 Å². The predicted molar refractivity (Wildman–Crippen MR) is 42.1 cm³/mol. The first-order valence-electron chi connectivity index (χ1n) is 3.93. The number of rotatable bonds is 2. The molecular weight excluding hydrogens is 126 g/mol. The zero-order chi connectivity index (χ0) is 7.56. The first-order chi connectivity index (χ1) is 4.74. The van der Waals surface area contributed by atoms with Crippen LogP contribution in [0.25, 0.3) is 0 Å². The maximum Gasteiger partial charge on any atom is 0.0503 e. The van der Waals surface area contributed by atoms with Crippen LogP contribution in [0.5, 0.6) is 0 Å². The van der Waals surface area contributed by atoms with Gasteiger partial charge in [0.2, 0.25) is 0 Å². The Morgan fingerprint density at radius 1 is 1.60 bits per heavy atom. The fourth-order valence-corrected chi connectivity index (χ4v) is 1.68. The number of hydrogen-bond donors (Lipinski definition) is 0. The molecule has 0 aliphatic carbocycles. The van der Waals surface area contributed by atoms with Crippen molar-refractivity contribution in [3.05, 3.63) is 0 Å². The van der Waals surface area contributed by atoms with E-state index >= 15 is 0 Å². The molecule has 1 aliphatic heterocycles. The van der Waals surface area contributed by atoms with Crippen molar-refractivity contribution in [3.8, 4) is 0 Å². The highest BCUT2D eigenvalue weighted by Gasteiger charge is 2.25. The Hall–Kier alpha value is -0.0800. The number of nitrogens with zero attached hydrogens (tertiary/aromatic N) is 1. The Morgan fingerprint density at radius 2 is 2.30 bits per heavy atom. The highest BCUT2D eigenvalue weighted by molar-refractivity contribution is 4.79. The van der Waals surface area contributed by atoms with Crippen LogP contribution in [0.2, 0.25) is 0 Å². The fraction of sp³-hybridized carbons (Fsp3) is 1.00. The zero-order valence-corrected chi connectivity index (χ0v) is 7.13. The SMILES string of the molecule is COCC1CC(C)N(C)C1. The molecule has 1 aliphatic rings. The minimum Gasteiger partial charge on any atom is -0.384 e. The van der Waals surface area contributed by atoms with Crippen LogP contribution in [0.3, 0.4) is 0 Å². The second-order valence-corrected chi connectivity index (χ2v) is 3.35. The van der Waals surface area contributed by atoms with Gasteiger partial charge in [0.05, 0.1) is 6.61 Å². The van der Waals surface area contributed by atoms with Crippen LogP contribution in [0.1, 0.15) is 13.3 Å². The van der Waals surface area contributed by atoms with Crippen LogP contribution in [0.4, 0.5) is 0 Å². The average molecular weight is 143 g/mol. The Labute approximate surface area is 63.2 Å². The largest absolute Gasteiger partial charge is 0.384 e. The monoisotopic (exact) mass is 143 g/mol. The summed E-state index contributed by atoms with van der Waals surface area (Å²) < 4.78 is 5.10. The van der Waals surface area contributed by atoms with E-state index in [2.05, 4.69) is 18.9 Å². The van der Waals surface area contributed by atoms with Crippen LogP contribution in [-0.2, 0) is 4.74 Å². The number of methoxy groups -OCH3 is 1. The number of likely N-dealkylation sites (tertiary alicyclic amines) is 1. The molecule has 0 radical (unpaired) electrons. The van der Waals surface area contributed by atoms with Gasteiger partial charge in [-0.25, -0.2) is 0 Å². The van der Waals surface area contributed by atoms with Gasteiger partial charge >= 0.3 is 0 Å². The summed E-state index contributed by atoms with van der Waals surface area (Å²) in [7, 11) is 3.96. The van der Waals surface area contributed by atoms with E-state index in [0.717, 1.165) is 18.6 Å². The Kier molecular flexibility index (Phi) is 2.69. The van der Waals surface area contributed by atoms with Gasteiger partial charge in [-0.05, 0) is 26.3 Å². The van der Waals surface area contributed by atoms with Gasteiger partial charge in [-0.1, -0.05) is 0 Å². The summed E-state index contributed by atoms with van der Waals surface area (Å²) in [4.78, 5) is 2.39. The summed E-state index contributed by atoms with van der Waals surface area (Å²) in [6.07, 6.45) is 1.30. The normalized spacial score (nSPS) is 35.1. The fourth-order valence-electron chi connectivity index (χ4n) is 1.68. The highest BCUT2D eigenvalue weighted by atomic mass is 16.5. The molecule has 0 aromatic carbocycles. The van der Waals surface area contributed by atoms with Gasteiger partial charge in [-0.15, -0.1) is 0 Å². The van der Waals surface area contributed by atoms with E-state index in [1.165, 1.54) is 13.0 Å². The molecule has 0 bridgehead atoms. The summed E-state index contributed by atoms with van der Waals surface area (Å²) in [5.74, 6) is 0.769. The van der Waals surface area contributed by atoms with Crippen molar-refractivity contribution >= 4 is 0 Å². The molecule has 0 saturated carbocycles. The lowest BCUT2D eigenvalue weighted by Gasteiger charge is -2.12. The standard InChI is InChI=1S/C8H17NO/c1-7-4-8(6-10-3)5-9(7)2/h7-8H,4-6H2,1-3H3. The molecule has 0 aromatic rings. The quantitative estimate of drug-likeness (QED) is 0.571. The molecule has 2 atom stereocenters. The molecule has 1 heterocycles. The van der Waals surface area contributed by atoms with Crippen molar-refractivity contribution < 1.29 is 4.74 Å². The van der Waals surface area contributed by atoms with Gasteiger partial charge in [-0.2, -0.15) is 0 Å². The smallest absolute Gasteiger partial charge is 0.0503 e. The van der Waals surface area contributed by atoms with Gasteiger partial charge in [0.25, 0.3) is 0 Å². The molecule has 1 rings (SSSR count). The predicted octanol–water partition coefficient (Wildman–Crippen LogP) is 0.973. The number of ether oxygens (including phenoxy) is 1. The Bertz CT molecular complexity index is 95.4. The van der Waals surface area contributed by atoms with Gasteiger partial charge in [0.15, 0.2) is 0 Å². The molecule has 1 fully saturated rings. The third kappa shape index (κ3) is 1.70. The molecule has 10 heavy (non-hydrogen) atoms. The number of hydrogen-bond acceptors (Lipinski definition) is 2. The van der Waals surface area contributed by atoms with E-state index in [0.29, 0.717) is 0 Å². The molecule has 0 amide bonds.